The summed E-state index contributed by atoms with van der Waals surface area (Å²) in [5.41, 5.74) is 8.82. The average molecular weight is 441 g/mol. The lowest BCUT2D eigenvalue weighted by Crippen LogP contribution is -2.38. The molecule has 0 radical (unpaired) electrons. The highest BCUT2D eigenvalue weighted by Gasteiger charge is 2.59. The van der Waals surface area contributed by atoms with Gasteiger partial charge in [-0.1, -0.05) is 72.8 Å². The summed E-state index contributed by atoms with van der Waals surface area (Å²) < 4.78 is 0. The van der Waals surface area contributed by atoms with Crippen LogP contribution in [0, 0.1) is 5.92 Å². The molecule has 7 heteroatoms. The van der Waals surface area contributed by atoms with E-state index in [4.69, 9.17) is 10.6 Å². The Balaban J connectivity index is 1.49. The van der Waals surface area contributed by atoms with E-state index >= 15 is 0 Å². The van der Waals surface area contributed by atoms with Crippen LogP contribution in [0.2, 0.25) is 0 Å². The normalized spacial score (nSPS) is 22.5. The Kier molecular flexibility index (Phi) is 5.50. The summed E-state index contributed by atoms with van der Waals surface area (Å²) in [5, 5.41) is 1.57. The van der Waals surface area contributed by atoms with Crippen molar-refractivity contribution in [2.45, 2.75) is 18.6 Å². The molecule has 3 unspecified atom stereocenters. The van der Waals surface area contributed by atoms with Crippen LogP contribution in [0.1, 0.15) is 18.0 Å². The zero-order valence-electron chi connectivity index (χ0n) is 17.8. The van der Waals surface area contributed by atoms with Gasteiger partial charge in [0.15, 0.2) is 6.10 Å². The van der Waals surface area contributed by atoms with Gasteiger partial charge in [-0.15, -0.1) is 0 Å². The number of carbonyl (C=O) groups is 3. The van der Waals surface area contributed by atoms with E-state index in [-0.39, 0.29) is 18.9 Å². The van der Waals surface area contributed by atoms with Gasteiger partial charge in [0.1, 0.15) is 0 Å². The Hall–Kier alpha value is -3.81. The van der Waals surface area contributed by atoms with E-state index < -0.39 is 29.9 Å². The number of nitrogens with two attached hydrogens (primary N) is 1. The first-order chi connectivity index (χ1) is 16.0. The molecule has 0 aromatic heterocycles. The Bertz CT molecular complexity index is 1180. The molecule has 3 atom stereocenters. The molecule has 2 aliphatic heterocycles. The number of hydrogen-bond donors (Lipinski definition) is 1. The standard InChI is InChI=1S/C26H23N3O4/c27-21(30)15-16-28-23(19-13-11-18(12-14-19)17-7-3-1-4-8-17)22-24(33-28)26(32)29(25(22)31)20-9-5-2-6-10-20/h1-14,22-24H,15-16H2,(H2,27,30). The summed E-state index contributed by atoms with van der Waals surface area (Å²) in [6, 6.07) is 26.2. The average Bonchev–Trinajstić information content (AvgIpc) is 3.34. The first-order valence-electron chi connectivity index (χ1n) is 10.8. The van der Waals surface area contributed by atoms with E-state index in [1.54, 1.807) is 29.3 Å². The fourth-order valence-corrected chi connectivity index (χ4v) is 4.59. The number of rotatable bonds is 6. The molecule has 0 spiro atoms. The van der Waals surface area contributed by atoms with Crippen molar-refractivity contribution in [2.75, 3.05) is 11.4 Å². The number of benzene rings is 3. The van der Waals surface area contributed by atoms with Crippen molar-refractivity contribution in [1.82, 2.24) is 5.06 Å². The molecule has 166 valence electrons. The summed E-state index contributed by atoms with van der Waals surface area (Å²) in [5.74, 6) is -1.90. The summed E-state index contributed by atoms with van der Waals surface area (Å²) in [4.78, 5) is 45.2. The van der Waals surface area contributed by atoms with E-state index in [9.17, 15) is 14.4 Å². The Morgan fingerprint density at radius 3 is 2.06 bits per heavy atom. The van der Waals surface area contributed by atoms with E-state index in [0.29, 0.717) is 5.69 Å². The zero-order valence-corrected chi connectivity index (χ0v) is 17.8. The van der Waals surface area contributed by atoms with Gasteiger partial charge in [0, 0.05) is 13.0 Å². The molecular formula is C26H23N3O4. The van der Waals surface area contributed by atoms with Gasteiger partial charge >= 0.3 is 0 Å². The van der Waals surface area contributed by atoms with E-state index in [1.165, 1.54) is 4.90 Å². The molecule has 0 aliphatic carbocycles. The molecule has 2 N–H and O–H groups in total. The molecular weight excluding hydrogens is 418 g/mol. The summed E-state index contributed by atoms with van der Waals surface area (Å²) in [6.45, 7) is 0.194. The Morgan fingerprint density at radius 2 is 1.42 bits per heavy atom. The Morgan fingerprint density at radius 1 is 0.818 bits per heavy atom. The molecule has 5 rings (SSSR count). The van der Waals surface area contributed by atoms with Gasteiger partial charge in [0.2, 0.25) is 11.8 Å². The van der Waals surface area contributed by atoms with Crippen LogP contribution in [0.3, 0.4) is 0 Å². The quantitative estimate of drug-likeness (QED) is 0.594. The SMILES string of the molecule is NC(=O)CCN1OC2C(=O)N(c3ccccc3)C(=O)C2C1c1ccc(-c2ccccc2)cc1. The summed E-state index contributed by atoms with van der Waals surface area (Å²) in [6.07, 6.45) is -0.882. The number of para-hydroxylation sites is 1. The molecule has 2 heterocycles. The lowest BCUT2D eigenvalue weighted by atomic mass is 9.89. The van der Waals surface area contributed by atoms with Crippen molar-refractivity contribution >= 4 is 23.4 Å². The van der Waals surface area contributed by atoms with Gasteiger partial charge in [0.25, 0.3) is 5.91 Å². The third-order valence-corrected chi connectivity index (χ3v) is 6.15. The highest BCUT2D eigenvalue weighted by atomic mass is 16.7. The van der Waals surface area contributed by atoms with Gasteiger partial charge in [0.05, 0.1) is 17.6 Å². The molecule has 2 saturated heterocycles. The zero-order chi connectivity index (χ0) is 22.9. The molecule has 7 nitrogen and oxygen atoms in total. The van der Waals surface area contributed by atoms with Crippen LogP contribution < -0.4 is 10.6 Å². The second-order valence-electron chi connectivity index (χ2n) is 8.19. The van der Waals surface area contributed by atoms with Crippen LogP contribution in [0.25, 0.3) is 11.1 Å². The summed E-state index contributed by atoms with van der Waals surface area (Å²) >= 11 is 0. The molecule has 0 saturated carbocycles. The number of hydroxylamine groups is 2. The maximum Gasteiger partial charge on any atom is 0.265 e. The number of fused-ring (bicyclic) bond motifs is 1. The first kappa shape index (κ1) is 21.1. The third kappa shape index (κ3) is 3.82. The number of anilines is 1. The van der Waals surface area contributed by atoms with Crippen molar-refractivity contribution in [3.63, 3.8) is 0 Å². The highest BCUT2D eigenvalue weighted by molar-refractivity contribution is 6.23. The second kappa shape index (κ2) is 8.61. The Labute approximate surface area is 191 Å². The second-order valence-corrected chi connectivity index (χ2v) is 8.19. The number of hydrogen-bond acceptors (Lipinski definition) is 5. The molecule has 2 aliphatic rings. The molecule has 3 aromatic rings. The van der Waals surface area contributed by atoms with Crippen molar-refractivity contribution < 1.29 is 19.2 Å². The fraction of sp³-hybridized carbons (Fsp3) is 0.192. The molecule has 33 heavy (non-hydrogen) atoms. The highest BCUT2D eigenvalue weighted by Crippen LogP contribution is 2.45. The number of amides is 3. The van der Waals surface area contributed by atoms with Crippen LogP contribution in [0.15, 0.2) is 84.9 Å². The number of primary amides is 1. The predicted octanol–water partition coefficient (Wildman–Crippen LogP) is 3.08. The lowest BCUT2D eigenvalue weighted by molar-refractivity contribution is -0.173. The number of carbonyl (C=O) groups excluding carboxylic acids is 3. The van der Waals surface area contributed by atoms with Gasteiger partial charge in [-0.05, 0) is 28.8 Å². The van der Waals surface area contributed by atoms with E-state index in [2.05, 4.69) is 0 Å². The minimum absolute atomic E-state index is 0.0584. The fourth-order valence-electron chi connectivity index (χ4n) is 4.59. The van der Waals surface area contributed by atoms with Gasteiger partial charge in [-0.25, -0.2) is 4.90 Å². The maximum absolute atomic E-state index is 13.5. The first-order valence-corrected chi connectivity index (χ1v) is 10.8. The molecule has 0 bridgehead atoms. The van der Waals surface area contributed by atoms with Crippen molar-refractivity contribution in [1.29, 1.82) is 0 Å². The van der Waals surface area contributed by atoms with Crippen molar-refractivity contribution in [2.24, 2.45) is 11.7 Å². The molecule has 3 amide bonds. The topological polar surface area (TPSA) is 92.9 Å². The predicted molar refractivity (Wildman–Crippen MR) is 122 cm³/mol. The summed E-state index contributed by atoms with van der Waals surface area (Å²) in [7, 11) is 0. The minimum Gasteiger partial charge on any atom is -0.370 e. The van der Waals surface area contributed by atoms with E-state index in [0.717, 1.165) is 16.7 Å². The van der Waals surface area contributed by atoms with Gasteiger partial charge in [-0.3, -0.25) is 19.2 Å². The molecule has 2 fully saturated rings. The van der Waals surface area contributed by atoms with Crippen LogP contribution in [0.5, 0.6) is 0 Å². The maximum atomic E-state index is 13.5. The van der Waals surface area contributed by atoms with Crippen LogP contribution >= 0.6 is 0 Å². The monoisotopic (exact) mass is 441 g/mol. The third-order valence-electron chi connectivity index (χ3n) is 6.15. The number of imide groups is 1. The molecule has 3 aromatic carbocycles. The van der Waals surface area contributed by atoms with Crippen molar-refractivity contribution in [3.05, 3.63) is 90.5 Å². The van der Waals surface area contributed by atoms with Crippen molar-refractivity contribution in [3.8, 4) is 11.1 Å². The number of nitrogens with zero attached hydrogens (tertiary/aromatic N) is 2. The lowest BCUT2D eigenvalue weighted by Gasteiger charge is -2.27. The van der Waals surface area contributed by atoms with Crippen LogP contribution in [-0.2, 0) is 19.2 Å². The minimum atomic E-state index is -0.940. The largest absolute Gasteiger partial charge is 0.370 e. The van der Waals surface area contributed by atoms with Gasteiger partial charge < -0.3 is 5.73 Å². The van der Waals surface area contributed by atoms with Crippen LogP contribution in [-0.4, -0.2) is 35.4 Å². The smallest absolute Gasteiger partial charge is 0.265 e. The van der Waals surface area contributed by atoms with Gasteiger partial charge in [-0.2, -0.15) is 5.06 Å². The van der Waals surface area contributed by atoms with E-state index in [1.807, 2.05) is 60.7 Å². The van der Waals surface area contributed by atoms with Crippen LogP contribution in [0.4, 0.5) is 5.69 Å².